The summed E-state index contributed by atoms with van der Waals surface area (Å²) < 4.78 is 5.04. The fourth-order valence-electron chi connectivity index (χ4n) is 4.17. The van der Waals surface area contributed by atoms with Crippen LogP contribution in [0.5, 0.6) is 11.5 Å². The Morgan fingerprint density at radius 2 is 1.67 bits per heavy atom. The number of para-hydroxylation sites is 1. The predicted molar refractivity (Wildman–Crippen MR) is 125 cm³/mol. The molecule has 0 heterocycles. The van der Waals surface area contributed by atoms with Crippen molar-refractivity contribution in [2.24, 2.45) is 11.0 Å². The van der Waals surface area contributed by atoms with Crippen molar-refractivity contribution < 1.29 is 19.4 Å². The first kappa shape index (κ1) is 22.1. The van der Waals surface area contributed by atoms with E-state index in [1.54, 1.807) is 18.2 Å². The van der Waals surface area contributed by atoms with Crippen LogP contribution in [0.3, 0.4) is 0 Å². The van der Waals surface area contributed by atoms with Gasteiger partial charge in [0.15, 0.2) is 11.5 Å². The quantitative estimate of drug-likeness (QED) is 0.368. The Morgan fingerprint density at radius 1 is 1.03 bits per heavy atom. The van der Waals surface area contributed by atoms with E-state index in [0.717, 1.165) is 11.1 Å². The summed E-state index contributed by atoms with van der Waals surface area (Å²) in [6.07, 6.45) is 2.00. The standard InChI is InChI=1S/C26H25N3O4/c1-33-22-14-8-9-18(24(22)31)16-28-29-23(30)17-27-25(32)21-15-26(21,19-10-4-2-5-11-19)20-12-6-3-7-13-20/h2-14,16,21,31H,15,17H2,1H3,(H,27,32)(H,29,30)/b28-16+/t21-/m1/s1. The number of hydrazone groups is 1. The number of phenols is 1. The SMILES string of the molecule is COc1cccc(/C=N/NC(=O)CNC(=O)[C@H]2CC2(c2ccccc2)c2ccccc2)c1O. The summed E-state index contributed by atoms with van der Waals surface area (Å²) in [4.78, 5) is 25.1. The number of nitrogens with one attached hydrogen (secondary N) is 2. The molecule has 4 rings (SSSR count). The number of carbonyl (C=O) groups excluding carboxylic acids is 2. The van der Waals surface area contributed by atoms with Gasteiger partial charge < -0.3 is 15.2 Å². The van der Waals surface area contributed by atoms with Crippen LogP contribution in [0.4, 0.5) is 0 Å². The van der Waals surface area contributed by atoms with Gasteiger partial charge in [-0.1, -0.05) is 66.7 Å². The van der Waals surface area contributed by atoms with Gasteiger partial charge in [-0.25, -0.2) is 5.43 Å². The third-order valence-corrected chi connectivity index (χ3v) is 5.92. The maximum Gasteiger partial charge on any atom is 0.259 e. The van der Waals surface area contributed by atoms with Gasteiger partial charge >= 0.3 is 0 Å². The van der Waals surface area contributed by atoms with Crippen LogP contribution in [0.2, 0.25) is 0 Å². The summed E-state index contributed by atoms with van der Waals surface area (Å²) in [5, 5.41) is 16.6. The summed E-state index contributed by atoms with van der Waals surface area (Å²) in [6, 6.07) is 24.9. The third kappa shape index (κ3) is 4.57. The van der Waals surface area contributed by atoms with Crippen LogP contribution in [0.25, 0.3) is 0 Å². The number of hydrogen-bond acceptors (Lipinski definition) is 5. The van der Waals surface area contributed by atoms with E-state index in [1.165, 1.54) is 13.3 Å². The van der Waals surface area contributed by atoms with Gasteiger partial charge in [-0.2, -0.15) is 5.10 Å². The number of methoxy groups -OCH3 is 1. The molecule has 3 aromatic carbocycles. The second-order valence-electron chi connectivity index (χ2n) is 7.87. The monoisotopic (exact) mass is 443 g/mol. The van der Waals surface area contributed by atoms with Crippen LogP contribution in [0.1, 0.15) is 23.1 Å². The van der Waals surface area contributed by atoms with E-state index in [-0.39, 0.29) is 29.5 Å². The Kier molecular flexibility index (Phi) is 6.40. The molecule has 33 heavy (non-hydrogen) atoms. The molecular formula is C26H25N3O4. The Labute approximate surface area is 192 Å². The Balaban J connectivity index is 1.36. The highest BCUT2D eigenvalue weighted by Crippen LogP contribution is 2.58. The highest BCUT2D eigenvalue weighted by Gasteiger charge is 2.60. The van der Waals surface area contributed by atoms with Crippen LogP contribution in [-0.2, 0) is 15.0 Å². The molecule has 1 atom stereocenters. The van der Waals surface area contributed by atoms with E-state index in [2.05, 4.69) is 15.8 Å². The van der Waals surface area contributed by atoms with Crippen LogP contribution in [0.15, 0.2) is 84.0 Å². The zero-order chi connectivity index (χ0) is 23.3. The fourth-order valence-corrected chi connectivity index (χ4v) is 4.17. The molecule has 1 fully saturated rings. The van der Waals surface area contributed by atoms with Crippen molar-refractivity contribution in [2.75, 3.05) is 13.7 Å². The predicted octanol–water partition coefficient (Wildman–Crippen LogP) is 2.97. The summed E-state index contributed by atoms with van der Waals surface area (Å²) in [7, 11) is 1.45. The van der Waals surface area contributed by atoms with E-state index in [4.69, 9.17) is 4.74 Å². The van der Waals surface area contributed by atoms with E-state index in [0.29, 0.717) is 17.7 Å². The van der Waals surface area contributed by atoms with E-state index < -0.39 is 5.91 Å². The van der Waals surface area contributed by atoms with Gasteiger partial charge in [-0.15, -0.1) is 0 Å². The largest absolute Gasteiger partial charge is 0.504 e. The lowest BCUT2D eigenvalue weighted by Gasteiger charge is -2.18. The Bertz CT molecular complexity index is 1120. The van der Waals surface area contributed by atoms with Crippen LogP contribution < -0.4 is 15.5 Å². The molecule has 0 radical (unpaired) electrons. The molecule has 1 saturated carbocycles. The number of nitrogens with zero attached hydrogens (tertiary/aromatic N) is 1. The maximum atomic E-state index is 12.9. The van der Waals surface area contributed by atoms with E-state index in [9.17, 15) is 14.7 Å². The van der Waals surface area contributed by atoms with Gasteiger partial charge in [-0.3, -0.25) is 9.59 Å². The van der Waals surface area contributed by atoms with Crippen molar-refractivity contribution in [1.29, 1.82) is 0 Å². The summed E-state index contributed by atoms with van der Waals surface area (Å²) in [5.74, 6) is -0.659. The Morgan fingerprint density at radius 3 is 2.27 bits per heavy atom. The van der Waals surface area contributed by atoms with Crippen molar-refractivity contribution in [3.8, 4) is 11.5 Å². The number of ether oxygens (including phenoxy) is 1. The lowest BCUT2D eigenvalue weighted by atomic mass is 9.85. The number of aromatic hydroxyl groups is 1. The highest BCUT2D eigenvalue weighted by atomic mass is 16.5. The summed E-state index contributed by atoms with van der Waals surface area (Å²) >= 11 is 0. The number of phenolic OH excluding ortho intramolecular Hbond substituents is 1. The smallest absolute Gasteiger partial charge is 0.259 e. The molecule has 3 aromatic rings. The fraction of sp³-hybridized carbons (Fsp3) is 0.192. The minimum Gasteiger partial charge on any atom is -0.504 e. The van der Waals surface area contributed by atoms with Crippen LogP contribution in [0, 0.1) is 5.92 Å². The lowest BCUT2D eigenvalue weighted by molar-refractivity contribution is -0.127. The number of benzene rings is 3. The van der Waals surface area contributed by atoms with Crippen LogP contribution >= 0.6 is 0 Å². The maximum absolute atomic E-state index is 12.9. The molecule has 1 aliphatic rings. The van der Waals surface area contributed by atoms with Gasteiger partial charge in [0.2, 0.25) is 5.91 Å². The topological polar surface area (TPSA) is 100 Å². The molecule has 7 heteroatoms. The average molecular weight is 444 g/mol. The van der Waals surface area contributed by atoms with E-state index in [1.807, 2.05) is 60.7 Å². The zero-order valence-corrected chi connectivity index (χ0v) is 18.2. The van der Waals surface area contributed by atoms with Crippen molar-refractivity contribution in [2.45, 2.75) is 11.8 Å². The van der Waals surface area contributed by atoms with Crippen molar-refractivity contribution in [3.63, 3.8) is 0 Å². The number of amides is 2. The first-order valence-corrected chi connectivity index (χ1v) is 10.6. The van der Waals surface area contributed by atoms with Gasteiger partial charge in [0.05, 0.1) is 25.8 Å². The van der Waals surface area contributed by atoms with E-state index >= 15 is 0 Å². The molecule has 3 N–H and O–H groups in total. The summed E-state index contributed by atoms with van der Waals surface area (Å²) in [5.41, 5.74) is 4.54. The molecule has 0 aliphatic heterocycles. The van der Waals surface area contributed by atoms with Crippen LogP contribution in [-0.4, -0.2) is 36.8 Å². The Hall–Kier alpha value is -4.13. The molecule has 0 unspecified atom stereocenters. The molecule has 0 spiro atoms. The van der Waals surface area contributed by atoms with Gasteiger partial charge in [-0.05, 0) is 29.7 Å². The lowest BCUT2D eigenvalue weighted by Crippen LogP contribution is -2.37. The molecule has 0 saturated heterocycles. The second kappa shape index (κ2) is 9.56. The first-order valence-electron chi connectivity index (χ1n) is 10.6. The summed E-state index contributed by atoms with van der Waals surface area (Å²) in [6.45, 7) is -0.198. The molecular weight excluding hydrogens is 418 g/mol. The first-order chi connectivity index (χ1) is 16.1. The van der Waals surface area contributed by atoms with Crippen molar-refractivity contribution in [1.82, 2.24) is 10.7 Å². The second-order valence-corrected chi connectivity index (χ2v) is 7.87. The minimum absolute atomic E-state index is 0.0711. The van der Waals surface area contributed by atoms with Gasteiger partial charge in [0.1, 0.15) is 0 Å². The van der Waals surface area contributed by atoms with Gasteiger partial charge in [0.25, 0.3) is 5.91 Å². The molecule has 0 aromatic heterocycles. The third-order valence-electron chi connectivity index (χ3n) is 5.92. The zero-order valence-electron chi connectivity index (χ0n) is 18.2. The minimum atomic E-state index is -0.465. The average Bonchev–Trinajstić information content (AvgIpc) is 3.62. The molecule has 2 amide bonds. The van der Waals surface area contributed by atoms with Gasteiger partial charge in [0, 0.05) is 11.0 Å². The molecule has 1 aliphatic carbocycles. The number of rotatable bonds is 8. The molecule has 168 valence electrons. The van der Waals surface area contributed by atoms with Crippen molar-refractivity contribution in [3.05, 3.63) is 95.6 Å². The number of carbonyl (C=O) groups is 2. The number of hydrogen-bond donors (Lipinski definition) is 3. The van der Waals surface area contributed by atoms with Crippen molar-refractivity contribution >= 4 is 18.0 Å². The highest BCUT2D eigenvalue weighted by molar-refractivity contribution is 5.90. The normalized spacial score (nSPS) is 16.2. The molecule has 7 nitrogen and oxygen atoms in total. The molecule has 0 bridgehead atoms.